The third-order valence-corrected chi connectivity index (χ3v) is 5.23. The van der Waals surface area contributed by atoms with Crippen LogP contribution >= 0.6 is 35.3 Å². The molecule has 144 valence electrons. The van der Waals surface area contributed by atoms with Gasteiger partial charge in [0.25, 0.3) is 0 Å². The summed E-state index contributed by atoms with van der Waals surface area (Å²) in [7, 11) is 0. The van der Waals surface area contributed by atoms with Crippen molar-refractivity contribution in [1.29, 1.82) is 0 Å². The molecule has 25 heavy (non-hydrogen) atoms. The summed E-state index contributed by atoms with van der Waals surface area (Å²) in [4.78, 5) is 11.0. The number of aliphatic imine (C=N–C) groups is 1. The first kappa shape index (κ1) is 22.6. The molecule has 0 radical (unpaired) electrons. The smallest absolute Gasteiger partial charge is 0.191 e. The van der Waals surface area contributed by atoms with Crippen molar-refractivity contribution in [3.8, 4) is 0 Å². The van der Waals surface area contributed by atoms with E-state index in [0.717, 1.165) is 58.1 Å². The summed E-state index contributed by atoms with van der Waals surface area (Å²) in [5.74, 6) is 0.910. The van der Waals surface area contributed by atoms with Gasteiger partial charge in [0.1, 0.15) is 0 Å². The number of nitrogens with one attached hydrogen (secondary N) is 2. The van der Waals surface area contributed by atoms with Gasteiger partial charge in [0, 0.05) is 44.1 Å². The van der Waals surface area contributed by atoms with Crippen LogP contribution < -0.4 is 10.6 Å². The van der Waals surface area contributed by atoms with Gasteiger partial charge in [-0.1, -0.05) is 0 Å². The summed E-state index contributed by atoms with van der Waals surface area (Å²) >= 11 is 1.92. The number of ether oxygens (including phenoxy) is 1. The molecule has 2 rings (SSSR count). The fraction of sp³-hybridized carbons (Fsp3) is 0.778. The van der Waals surface area contributed by atoms with Crippen LogP contribution in [0.3, 0.4) is 0 Å². The second-order valence-corrected chi connectivity index (χ2v) is 7.19. The third-order valence-electron chi connectivity index (χ3n) is 4.01. The predicted molar refractivity (Wildman–Crippen MR) is 118 cm³/mol. The lowest BCUT2D eigenvalue weighted by Crippen LogP contribution is -2.38. The zero-order valence-electron chi connectivity index (χ0n) is 15.6. The zero-order valence-corrected chi connectivity index (χ0v) is 18.8. The molecule has 0 aliphatic heterocycles. The molecule has 0 saturated carbocycles. The van der Waals surface area contributed by atoms with Gasteiger partial charge in [-0.15, -0.1) is 35.3 Å². The van der Waals surface area contributed by atoms with E-state index >= 15 is 0 Å². The Balaban J connectivity index is 0.00000312. The number of aromatic nitrogens is 1. The number of halogens is 1. The fourth-order valence-corrected chi connectivity index (χ4v) is 4.00. The van der Waals surface area contributed by atoms with Gasteiger partial charge in [0.2, 0.25) is 0 Å². The monoisotopic (exact) mass is 480 g/mol. The van der Waals surface area contributed by atoms with E-state index < -0.39 is 0 Å². The van der Waals surface area contributed by atoms with Crippen molar-refractivity contribution in [3.63, 3.8) is 0 Å². The van der Waals surface area contributed by atoms with Crippen LogP contribution in [0, 0.1) is 0 Å². The first-order valence-corrected chi connectivity index (χ1v) is 10.2. The third kappa shape index (κ3) is 8.68. The Morgan fingerprint density at radius 3 is 2.80 bits per heavy atom. The molecule has 7 heteroatoms. The van der Waals surface area contributed by atoms with Crippen molar-refractivity contribution in [2.24, 2.45) is 4.99 Å². The summed E-state index contributed by atoms with van der Waals surface area (Å²) in [6, 6.07) is 0. The molecule has 1 aliphatic carbocycles. The number of hydrogen-bond acceptors (Lipinski definition) is 4. The van der Waals surface area contributed by atoms with Crippen molar-refractivity contribution < 1.29 is 4.74 Å². The van der Waals surface area contributed by atoms with E-state index in [0.29, 0.717) is 0 Å². The molecule has 1 aliphatic rings. The maximum absolute atomic E-state index is 5.35. The molecule has 0 bridgehead atoms. The minimum atomic E-state index is 0. The molecule has 1 heterocycles. The van der Waals surface area contributed by atoms with Crippen LogP contribution in [-0.2, 0) is 24.0 Å². The molecule has 0 unspecified atom stereocenters. The summed E-state index contributed by atoms with van der Waals surface area (Å²) in [5.41, 5.74) is 1.37. The summed E-state index contributed by atoms with van der Waals surface area (Å²) in [6.07, 6.45) is 8.17. The second-order valence-electron chi connectivity index (χ2n) is 6.03. The number of thiazole rings is 1. The van der Waals surface area contributed by atoms with Crippen LogP contribution in [0.5, 0.6) is 0 Å². The highest BCUT2D eigenvalue weighted by molar-refractivity contribution is 14.0. The Morgan fingerprint density at radius 2 is 2.04 bits per heavy atom. The van der Waals surface area contributed by atoms with E-state index in [1.165, 1.54) is 41.3 Å². The summed E-state index contributed by atoms with van der Waals surface area (Å²) < 4.78 is 5.35. The van der Waals surface area contributed by atoms with Crippen LogP contribution in [0.4, 0.5) is 0 Å². The van der Waals surface area contributed by atoms with Gasteiger partial charge in [-0.25, -0.2) is 4.98 Å². The van der Waals surface area contributed by atoms with Crippen LogP contribution in [0.2, 0.25) is 0 Å². The van der Waals surface area contributed by atoms with E-state index in [9.17, 15) is 0 Å². The lowest BCUT2D eigenvalue weighted by molar-refractivity contribution is 0.145. The highest BCUT2D eigenvalue weighted by Gasteiger charge is 2.14. The molecule has 1 aromatic heterocycles. The number of nitrogens with zero attached hydrogens (tertiary/aromatic N) is 2. The Hall–Kier alpha value is -0.410. The first-order valence-electron chi connectivity index (χ1n) is 9.40. The maximum atomic E-state index is 5.35. The van der Waals surface area contributed by atoms with Gasteiger partial charge in [0.05, 0.1) is 10.7 Å². The molecule has 0 spiro atoms. The lowest BCUT2D eigenvalue weighted by Gasteiger charge is -2.11. The average Bonchev–Trinajstić information content (AvgIpc) is 3.01. The molecule has 1 aromatic rings. The molecular weight excluding hydrogens is 447 g/mol. The van der Waals surface area contributed by atoms with Gasteiger partial charge < -0.3 is 15.4 Å². The quantitative estimate of drug-likeness (QED) is 0.233. The number of guanidine groups is 1. The van der Waals surface area contributed by atoms with E-state index in [1.807, 2.05) is 18.3 Å². The van der Waals surface area contributed by atoms with Gasteiger partial charge in [-0.3, -0.25) is 4.99 Å². The van der Waals surface area contributed by atoms with Crippen LogP contribution in [0.25, 0.3) is 0 Å². The molecule has 0 saturated heterocycles. The largest absolute Gasteiger partial charge is 0.382 e. The van der Waals surface area contributed by atoms with Crippen LogP contribution in [-0.4, -0.2) is 43.8 Å². The SMILES string of the molecule is CCNC(=NCCCc1nc2c(s1)CCCC2)NCCCOCC.I. The van der Waals surface area contributed by atoms with Gasteiger partial charge >= 0.3 is 0 Å². The molecule has 0 amide bonds. The number of rotatable bonds is 10. The number of hydrogen-bond donors (Lipinski definition) is 2. The van der Waals surface area contributed by atoms with Crippen LogP contribution in [0.1, 0.15) is 55.1 Å². The Bertz CT molecular complexity index is 484. The normalized spacial score (nSPS) is 13.9. The standard InChI is InChI=1S/C18H32N4OS.HI/c1-3-19-18(21-13-8-14-23-4-2)20-12-7-11-17-22-15-9-5-6-10-16(15)24-17;/h3-14H2,1-2H3,(H2,19,20,21);1H. The predicted octanol–water partition coefficient (Wildman–Crippen LogP) is 3.55. The topological polar surface area (TPSA) is 58.5 Å². The van der Waals surface area contributed by atoms with E-state index in [4.69, 9.17) is 9.72 Å². The van der Waals surface area contributed by atoms with Crippen molar-refractivity contribution in [2.75, 3.05) is 32.8 Å². The molecule has 0 fully saturated rings. The Morgan fingerprint density at radius 1 is 1.20 bits per heavy atom. The van der Waals surface area contributed by atoms with Gasteiger partial charge in [-0.05, 0) is 52.4 Å². The molecule has 5 nitrogen and oxygen atoms in total. The summed E-state index contributed by atoms with van der Waals surface area (Å²) in [5, 5.41) is 7.96. The lowest BCUT2D eigenvalue weighted by atomic mass is 10.0. The van der Waals surface area contributed by atoms with E-state index in [-0.39, 0.29) is 24.0 Å². The highest BCUT2D eigenvalue weighted by Crippen LogP contribution is 2.27. The van der Waals surface area contributed by atoms with E-state index in [1.54, 1.807) is 0 Å². The average molecular weight is 480 g/mol. The molecule has 0 atom stereocenters. The summed E-state index contributed by atoms with van der Waals surface area (Å²) in [6.45, 7) is 8.33. The Kier molecular flexibility index (Phi) is 12.4. The molecule has 0 aromatic carbocycles. The minimum absolute atomic E-state index is 0. The van der Waals surface area contributed by atoms with Gasteiger partial charge in [0.15, 0.2) is 5.96 Å². The van der Waals surface area contributed by atoms with Crippen molar-refractivity contribution in [3.05, 3.63) is 15.6 Å². The number of fused-ring (bicyclic) bond motifs is 1. The molecular formula is C18H33IN4OS. The fourth-order valence-electron chi connectivity index (χ4n) is 2.80. The molecule has 2 N–H and O–H groups in total. The first-order chi connectivity index (χ1) is 11.8. The second kappa shape index (κ2) is 13.7. The van der Waals surface area contributed by atoms with E-state index in [2.05, 4.69) is 22.5 Å². The van der Waals surface area contributed by atoms with Crippen LogP contribution in [0.15, 0.2) is 4.99 Å². The highest BCUT2D eigenvalue weighted by atomic mass is 127. The van der Waals surface area contributed by atoms with Gasteiger partial charge in [-0.2, -0.15) is 0 Å². The number of aryl methyl sites for hydroxylation is 3. The minimum Gasteiger partial charge on any atom is -0.382 e. The van der Waals surface area contributed by atoms with Crippen molar-refractivity contribution in [1.82, 2.24) is 15.6 Å². The van der Waals surface area contributed by atoms with Crippen molar-refractivity contribution in [2.45, 2.75) is 58.8 Å². The maximum Gasteiger partial charge on any atom is 0.191 e. The van der Waals surface area contributed by atoms with Crippen molar-refractivity contribution >= 4 is 41.3 Å². The Labute approximate surface area is 173 Å². The zero-order chi connectivity index (χ0) is 17.0.